The lowest BCUT2D eigenvalue weighted by molar-refractivity contribution is 0.659. The monoisotopic (exact) mass is 471 g/mol. The predicted molar refractivity (Wildman–Crippen MR) is 160 cm³/mol. The minimum atomic E-state index is -0.150. The van der Waals surface area contributed by atoms with Gasteiger partial charge in [-0.05, 0) is 84.9 Å². The second kappa shape index (κ2) is 9.32. The van der Waals surface area contributed by atoms with Crippen molar-refractivity contribution in [2.75, 3.05) is 4.90 Å². The van der Waals surface area contributed by atoms with Crippen LogP contribution in [-0.4, -0.2) is 0 Å². The van der Waals surface area contributed by atoms with Gasteiger partial charge in [-0.3, -0.25) is 0 Å². The molecule has 0 radical (unpaired) electrons. The lowest BCUT2D eigenvalue weighted by Gasteiger charge is -2.33. The Kier molecular flexibility index (Phi) is 6.54. The van der Waals surface area contributed by atoms with E-state index in [1.807, 2.05) is 30.4 Å². The summed E-state index contributed by atoms with van der Waals surface area (Å²) in [5, 5.41) is 0. The quantitative estimate of drug-likeness (QED) is 0.310. The molecule has 4 rings (SSSR count). The van der Waals surface area contributed by atoms with Gasteiger partial charge in [0.25, 0.3) is 0 Å². The second-order valence-corrected chi connectivity index (χ2v) is 10.3. The summed E-state index contributed by atoms with van der Waals surface area (Å²) >= 11 is 0. The molecule has 0 amide bonds. The number of nitrogens with zero attached hydrogens (tertiary/aromatic N) is 1. The van der Waals surface area contributed by atoms with Crippen LogP contribution in [0.3, 0.4) is 0 Å². The summed E-state index contributed by atoms with van der Waals surface area (Å²) in [4.78, 5) is 2.31. The fourth-order valence-corrected chi connectivity index (χ4v) is 5.91. The van der Waals surface area contributed by atoms with Crippen molar-refractivity contribution < 1.29 is 0 Å². The summed E-state index contributed by atoms with van der Waals surface area (Å²) in [6, 6.07) is 13.6. The Morgan fingerprint density at radius 2 is 1.42 bits per heavy atom. The molecule has 1 aliphatic rings. The highest BCUT2D eigenvalue weighted by atomic mass is 15.2. The number of hydrogen-bond donors (Lipinski definition) is 0. The SMILES string of the molecule is C=C/C=C(\C=C)N(c1cc2c(c(C=C)c1C=C)-c1ccc(C)cc1C2(C)C)c1c(C)cc(C)cc1C. The Balaban J connectivity index is 2.17. The molecular weight excluding hydrogens is 434 g/mol. The van der Waals surface area contributed by atoms with Gasteiger partial charge in [0.05, 0.1) is 11.4 Å². The Morgan fingerprint density at radius 1 is 0.778 bits per heavy atom. The first kappa shape index (κ1) is 25.3. The molecule has 0 bridgehead atoms. The van der Waals surface area contributed by atoms with Crippen LogP contribution in [0.15, 0.2) is 86.6 Å². The first-order valence-electron chi connectivity index (χ1n) is 12.5. The third-order valence-corrected chi connectivity index (χ3v) is 7.44. The van der Waals surface area contributed by atoms with Gasteiger partial charge in [0.2, 0.25) is 0 Å². The third kappa shape index (κ3) is 3.80. The van der Waals surface area contributed by atoms with E-state index in [4.69, 9.17) is 0 Å². The molecule has 1 heteroatoms. The molecule has 36 heavy (non-hydrogen) atoms. The highest BCUT2D eigenvalue weighted by molar-refractivity contribution is 5.96. The molecule has 0 fully saturated rings. The molecule has 0 N–H and O–H groups in total. The molecule has 0 saturated carbocycles. The Bertz CT molecular complexity index is 1440. The first-order chi connectivity index (χ1) is 17.1. The first-order valence-corrected chi connectivity index (χ1v) is 12.5. The number of benzene rings is 3. The lowest BCUT2D eigenvalue weighted by Crippen LogP contribution is -2.21. The number of hydrogen-bond acceptors (Lipinski definition) is 1. The predicted octanol–water partition coefficient (Wildman–Crippen LogP) is 9.91. The molecule has 0 aromatic heterocycles. The van der Waals surface area contributed by atoms with Gasteiger partial charge in [-0.2, -0.15) is 0 Å². The highest BCUT2D eigenvalue weighted by Crippen LogP contribution is 2.54. The molecule has 0 aliphatic heterocycles. The third-order valence-electron chi connectivity index (χ3n) is 7.44. The summed E-state index contributed by atoms with van der Waals surface area (Å²) in [5.74, 6) is 0. The average molecular weight is 472 g/mol. The molecule has 3 aromatic carbocycles. The highest BCUT2D eigenvalue weighted by Gasteiger charge is 2.38. The zero-order chi connectivity index (χ0) is 26.4. The van der Waals surface area contributed by atoms with Gasteiger partial charge in [-0.15, -0.1) is 0 Å². The minimum absolute atomic E-state index is 0.150. The van der Waals surface area contributed by atoms with Crippen molar-refractivity contribution in [1.29, 1.82) is 0 Å². The molecule has 3 aromatic rings. The topological polar surface area (TPSA) is 3.24 Å². The van der Waals surface area contributed by atoms with Crippen LogP contribution in [0.4, 0.5) is 11.4 Å². The van der Waals surface area contributed by atoms with Gasteiger partial charge in [0.1, 0.15) is 0 Å². The summed E-state index contributed by atoms with van der Waals surface area (Å²) in [6.07, 6.45) is 9.69. The number of rotatable bonds is 7. The van der Waals surface area contributed by atoms with E-state index in [2.05, 4.69) is 109 Å². The number of anilines is 2. The number of aryl methyl sites for hydroxylation is 4. The van der Waals surface area contributed by atoms with Crippen molar-refractivity contribution in [3.05, 3.63) is 131 Å². The van der Waals surface area contributed by atoms with Crippen molar-refractivity contribution in [2.24, 2.45) is 0 Å². The Hall–Kier alpha value is -3.84. The zero-order valence-electron chi connectivity index (χ0n) is 22.6. The maximum Gasteiger partial charge on any atom is 0.0543 e. The van der Waals surface area contributed by atoms with Crippen LogP contribution in [0.1, 0.15) is 58.4 Å². The van der Waals surface area contributed by atoms with E-state index in [9.17, 15) is 0 Å². The second-order valence-electron chi connectivity index (χ2n) is 10.3. The number of fused-ring (bicyclic) bond motifs is 3. The van der Waals surface area contributed by atoms with Crippen LogP contribution in [0.5, 0.6) is 0 Å². The van der Waals surface area contributed by atoms with Gasteiger partial charge in [-0.25, -0.2) is 0 Å². The lowest BCUT2D eigenvalue weighted by atomic mass is 9.80. The number of allylic oxidation sites excluding steroid dienone is 3. The van der Waals surface area contributed by atoms with Crippen molar-refractivity contribution in [1.82, 2.24) is 0 Å². The van der Waals surface area contributed by atoms with E-state index in [-0.39, 0.29) is 5.41 Å². The fraction of sp³-hybridized carbons (Fsp3) is 0.200. The van der Waals surface area contributed by atoms with E-state index in [0.717, 1.165) is 28.2 Å². The van der Waals surface area contributed by atoms with E-state index in [0.29, 0.717) is 0 Å². The Labute approximate surface area is 217 Å². The van der Waals surface area contributed by atoms with Crippen LogP contribution in [0.2, 0.25) is 0 Å². The van der Waals surface area contributed by atoms with Crippen molar-refractivity contribution in [3.63, 3.8) is 0 Å². The van der Waals surface area contributed by atoms with Crippen molar-refractivity contribution >= 4 is 23.5 Å². The molecule has 1 aliphatic carbocycles. The van der Waals surface area contributed by atoms with Crippen LogP contribution in [0, 0.1) is 27.7 Å². The van der Waals surface area contributed by atoms with Crippen LogP contribution < -0.4 is 4.90 Å². The van der Waals surface area contributed by atoms with Crippen LogP contribution in [0.25, 0.3) is 23.3 Å². The molecule has 0 unspecified atom stereocenters. The zero-order valence-corrected chi connectivity index (χ0v) is 22.6. The fourth-order valence-electron chi connectivity index (χ4n) is 5.91. The summed E-state index contributed by atoms with van der Waals surface area (Å²) in [7, 11) is 0. The van der Waals surface area contributed by atoms with Gasteiger partial charge < -0.3 is 4.90 Å². The smallest absolute Gasteiger partial charge is 0.0543 e. The van der Waals surface area contributed by atoms with Crippen molar-refractivity contribution in [3.8, 4) is 11.1 Å². The summed E-state index contributed by atoms with van der Waals surface area (Å²) < 4.78 is 0. The van der Waals surface area contributed by atoms with E-state index >= 15 is 0 Å². The maximum absolute atomic E-state index is 4.26. The molecule has 0 atom stereocenters. The molecule has 0 saturated heterocycles. The van der Waals surface area contributed by atoms with Crippen LogP contribution >= 0.6 is 0 Å². The van der Waals surface area contributed by atoms with Crippen molar-refractivity contribution in [2.45, 2.75) is 47.0 Å². The largest absolute Gasteiger partial charge is 0.309 e. The van der Waals surface area contributed by atoms with E-state index in [1.54, 1.807) is 0 Å². The Morgan fingerprint density at radius 3 is 1.97 bits per heavy atom. The standard InChI is InChI=1S/C35H37N/c1-11-15-26(12-2)36(34-24(7)18-23(6)19-25(34)8)32-21-31-33(28(14-4)27(32)13-3)29-17-16-22(5)20-30(29)35(31,9)10/h11-21H,1-4H2,5-10H3/b26-15+. The van der Waals surface area contributed by atoms with E-state index < -0.39 is 0 Å². The molecule has 182 valence electrons. The van der Waals surface area contributed by atoms with Gasteiger partial charge in [0.15, 0.2) is 0 Å². The van der Waals surface area contributed by atoms with Crippen LogP contribution in [-0.2, 0) is 5.41 Å². The normalized spacial score (nSPS) is 13.6. The van der Waals surface area contributed by atoms with Gasteiger partial charge >= 0.3 is 0 Å². The van der Waals surface area contributed by atoms with Gasteiger partial charge in [0, 0.05) is 16.7 Å². The minimum Gasteiger partial charge on any atom is -0.309 e. The molecular formula is C35H37N. The molecule has 0 spiro atoms. The molecule has 1 nitrogen and oxygen atoms in total. The summed E-state index contributed by atoms with van der Waals surface area (Å²) in [6.45, 7) is 30.0. The summed E-state index contributed by atoms with van der Waals surface area (Å²) in [5.41, 5.74) is 15.3. The van der Waals surface area contributed by atoms with E-state index in [1.165, 1.54) is 44.5 Å². The van der Waals surface area contributed by atoms with Gasteiger partial charge in [-0.1, -0.05) is 99.9 Å². The molecule has 0 heterocycles. The maximum atomic E-state index is 4.26. The average Bonchev–Trinajstić information content (AvgIpc) is 3.05.